The minimum atomic E-state index is -0.489. The SMILES string of the molecule is Cc1cccc(OCC(=O)Nn2cnc3c(cnn3-c3cccc(Cl)c3)c2=O)c1. The highest BCUT2D eigenvalue weighted by molar-refractivity contribution is 6.30. The number of carbonyl (C=O) groups excluding carboxylic acids is 1. The van der Waals surface area contributed by atoms with Crippen molar-refractivity contribution in [2.75, 3.05) is 12.0 Å². The van der Waals surface area contributed by atoms with Gasteiger partial charge in [-0.05, 0) is 42.8 Å². The number of hydrogen-bond donors (Lipinski definition) is 1. The summed E-state index contributed by atoms with van der Waals surface area (Å²) in [7, 11) is 0. The van der Waals surface area contributed by atoms with Gasteiger partial charge in [-0.2, -0.15) is 5.10 Å². The summed E-state index contributed by atoms with van der Waals surface area (Å²) in [6.45, 7) is 1.69. The number of ether oxygens (including phenoxy) is 1. The number of halogens is 1. The molecule has 1 N–H and O–H groups in total. The molecule has 0 aliphatic heterocycles. The van der Waals surface area contributed by atoms with Gasteiger partial charge in [0, 0.05) is 5.02 Å². The van der Waals surface area contributed by atoms with Crippen LogP contribution in [0.3, 0.4) is 0 Å². The van der Waals surface area contributed by atoms with E-state index < -0.39 is 11.5 Å². The summed E-state index contributed by atoms with van der Waals surface area (Å²) >= 11 is 6.02. The molecule has 0 atom stereocenters. The van der Waals surface area contributed by atoms with Crippen LogP contribution in [-0.4, -0.2) is 32.0 Å². The summed E-state index contributed by atoms with van der Waals surface area (Å²) in [5, 5.41) is 5.02. The number of nitrogens with one attached hydrogen (secondary N) is 1. The number of nitrogens with zero attached hydrogens (tertiary/aromatic N) is 4. The predicted octanol–water partition coefficient (Wildman–Crippen LogP) is 2.69. The molecule has 0 bridgehead atoms. The zero-order chi connectivity index (χ0) is 20.4. The van der Waals surface area contributed by atoms with Crippen molar-refractivity contribution in [1.29, 1.82) is 0 Å². The van der Waals surface area contributed by atoms with E-state index in [1.807, 2.05) is 25.1 Å². The topological polar surface area (TPSA) is 91.0 Å². The Labute approximate surface area is 170 Å². The third kappa shape index (κ3) is 3.97. The Hall–Kier alpha value is -3.65. The molecule has 0 saturated heterocycles. The zero-order valence-corrected chi connectivity index (χ0v) is 16.1. The maximum Gasteiger partial charge on any atom is 0.283 e. The second kappa shape index (κ2) is 7.76. The molecule has 4 aromatic rings. The molecular weight excluding hydrogens is 394 g/mol. The third-order valence-corrected chi connectivity index (χ3v) is 4.38. The van der Waals surface area contributed by atoms with Crippen LogP contribution in [-0.2, 0) is 4.79 Å². The van der Waals surface area contributed by atoms with Crippen LogP contribution >= 0.6 is 11.6 Å². The van der Waals surface area contributed by atoms with Gasteiger partial charge in [0.05, 0.1) is 11.9 Å². The molecule has 0 spiro atoms. The van der Waals surface area contributed by atoms with Gasteiger partial charge in [-0.15, -0.1) is 0 Å². The fourth-order valence-electron chi connectivity index (χ4n) is 2.81. The Bertz CT molecular complexity index is 1260. The van der Waals surface area contributed by atoms with Gasteiger partial charge in [0.2, 0.25) is 0 Å². The molecule has 0 aliphatic carbocycles. The fourth-order valence-corrected chi connectivity index (χ4v) is 2.99. The molecule has 2 heterocycles. The van der Waals surface area contributed by atoms with Crippen molar-refractivity contribution < 1.29 is 9.53 Å². The molecule has 0 saturated carbocycles. The van der Waals surface area contributed by atoms with Gasteiger partial charge < -0.3 is 4.74 Å². The van der Waals surface area contributed by atoms with E-state index in [1.54, 1.807) is 30.3 Å². The van der Waals surface area contributed by atoms with Crippen LogP contribution in [0.15, 0.2) is 65.8 Å². The highest BCUT2D eigenvalue weighted by atomic mass is 35.5. The highest BCUT2D eigenvalue weighted by Crippen LogP contribution is 2.17. The molecule has 1 amide bonds. The van der Waals surface area contributed by atoms with Crippen LogP contribution in [0.4, 0.5) is 0 Å². The first-order chi connectivity index (χ1) is 14.0. The predicted molar refractivity (Wildman–Crippen MR) is 109 cm³/mol. The minimum Gasteiger partial charge on any atom is -0.484 e. The Morgan fingerprint density at radius 3 is 2.83 bits per heavy atom. The van der Waals surface area contributed by atoms with Crippen LogP contribution in [0.25, 0.3) is 16.7 Å². The first-order valence-corrected chi connectivity index (χ1v) is 9.10. The van der Waals surface area contributed by atoms with E-state index in [1.165, 1.54) is 17.2 Å². The van der Waals surface area contributed by atoms with Crippen molar-refractivity contribution in [2.24, 2.45) is 0 Å². The minimum absolute atomic E-state index is 0.240. The number of hydrogen-bond acceptors (Lipinski definition) is 5. The lowest BCUT2D eigenvalue weighted by Crippen LogP contribution is -2.35. The van der Waals surface area contributed by atoms with E-state index >= 15 is 0 Å². The van der Waals surface area contributed by atoms with Gasteiger partial charge in [0.1, 0.15) is 17.5 Å². The molecule has 2 aromatic carbocycles. The van der Waals surface area contributed by atoms with Crippen molar-refractivity contribution in [3.8, 4) is 11.4 Å². The van der Waals surface area contributed by atoms with Crippen molar-refractivity contribution in [3.63, 3.8) is 0 Å². The summed E-state index contributed by atoms with van der Waals surface area (Å²) < 4.78 is 7.96. The molecule has 4 rings (SSSR count). The van der Waals surface area contributed by atoms with Crippen molar-refractivity contribution in [3.05, 3.63) is 82.0 Å². The van der Waals surface area contributed by atoms with Gasteiger partial charge in [-0.3, -0.25) is 15.0 Å². The van der Waals surface area contributed by atoms with Gasteiger partial charge in [0.25, 0.3) is 11.5 Å². The Morgan fingerprint density at radius 2 is 2.03 bits per heavy atom. The summed E-state index contributed by atoms with van der Waals surface area (Å²) in [5.74, 6) is 0.0841. The molecular formula is C20H16ClN5O3. The largest absolute Gasteiger partial charge is 0.484 e. The lowest BCUT2D eigenvalue weighted by Gasteiger charge is -2.09. The summed E-state index contributed by atoms with van der Waals surface area (Å²) in [4.78, 5) is 29.1. The van der Waals surface area contributed by atoms with Crippen LogP contribution in [0, 0.1) is 6.92 Å². The van der Waals surface area contributed by atoms with E-state index in [2.05, 4.69) is 15.5 Å². The molecule has 29 heavy (non-hydrogen) atoms. The maximum atomic E-state index is 12.7. The monoisotopic (exact) mass is 409 g/mol. The number of carbonyl (C=O) groups is 1. The number of amides is 1. The summed E-state index contributed by atoms with van der Waals surface area (Å²) in [6.07, 6.45) is 2.63. The van der Waals surface area contributed by atoms with Gasteiger partial charge in [-0.1, -0.05) is 29.8 Å². The van der Waals surface area contributed by atoms with E-state index in [-0.39, 0.29) is 12.0 Å². The second-order valence-corrected chi connectivity index (χ2v) is 6.77. The van der Waals surface area contributed by atoms with E-state index in [9.17, 15) is 9.59 Å². The van der Waals surface area contributed by atoms with Crippen LogP contribution in [0.5, 0.6) is 5.75 Å². The van der Waals surface area contributed by atoms with E-state index in [0.717, 1.165) is 10.2 Å². The third-order valence-electron chi connectivity index (χ3n) is 4.15. The number of aryl methyl sites for hydroxylation is 1. The maximum absolute atomic E-state index is 12.7. The number of benzene rings is 2. The summed E-state index contributed by atoms with van der Waals surface area (Å²) in [6, 6.07) is 14.4. The zero-order valence-electron chi connectivity index (χ0n) is 15.4. The molecule has 8 nitrogen and oxygen atoms in total. The molecule has 146 valence electrons. The van der Waals surface area contributed by atoms with Crippen LogP contribution in [0.1, 0.15) is 5.56 Å². The first-order valence-electron chi connectivity index (χ1n) is 8.72. The quantitative estimate of drug-likeness (QED) is 0.547. The average Bonchev–Trinajstić information content (AvgIpc) is 3.14. The average molecular weight is 410 g/mol. The number of fused-ring (bicyclic) bond motifs is 1. The van der Waals surface area contributed by atoms with E-state index in [4.69, 9.17) is 16.3 Å². The molecule has 0 aliphatic rings. The molecule has 0 unspecified atom stereocenters. The van der Waals surface area contributed by atoms with Crippen molar-refractivity contribution >= 4 is 28.5 Å². The highest BCUT2D eigenvalue weighted by Gasteiger charge is 2.13. The number of aromatic nitrogens is 4. The van der Waals surface area contributed by atoms with Crippen LogP contribution in [0.2, 0.25) is 5.02 Å². The molecule has 0 fully saturated rings. The lowest BCUT2D eigenvalue weighted by molar-refractivity contribution is -0.119. The van der Waals surface area contributed by atoms with Gasteiger partial charge in [-0.25, -0.2) is 14.3 Å². The van der Waals surface area contributed by atoms with Gasteiger partial charge >= 0.3 is 0 Å². The number of rotatable bonds is 5. The second-order valence-electron chi connectivity index (χ2n) is 6.33. The smallest absolute Gasteiger partial charge is 0.283 e. The van der Waals surface area contributed by atoms with Gasteiger partial charge in [0.15, 0.2) is 12.3 Å². The van der Waals surface area contributed by atoms with Crippen molar-refractivity contribution in [2.45, 2.75) is 6.92 Å². The lowest BCUT2D eigenvalue weighted by atomic mass is 10.2. The van der Waals surface area contributed by atoms with Crippen LogP contribution < -0.4 is 15.7 Å². The Kier molecular flexibility index (Phi) is 5.01. The summed E-state index contributed by atoms with van der Waals surface area (Å²) in [5.41, 5.74) is 4.07. The normalized spacial score (nSPS) is 10.8. The Morgan fingerprint density at radius 1 is 1.21 bits per heavy atom. The standard InChI is InChI=1S/C20H16ClN5O3/c1-13-4-2-7-16(8-13)29-11-18(27)24-25-12-22-19-17(20(25)28)10-23-26(19)15-6-3-5-14(21)9-15/h2-10,12H,11H2,1H3,(H,24,27). The Balaban J connectivity index is 1.53. The molecule has 0 radical (unpaired) electrons. The first kappa shape index (κ1) is 18.7. The fraction of sp³-hybridized carbons (Fsp3) is 0.100. The van der Waals surface area contributed by atoms with Crippen molar-refractivity contribution in [1.82, 2.24) is 19.4 Å². The molecule has 9 heteroatoms. The van der Waals surface area contributed by atoms with E-state index in [0.29, 0.717) is 22.1 Å². The molecule has 2 aromatic heterocycles.